The lowest BCUT2D eigenvalue weighted by Gasteiger charge is -2.27. The molecule has 1 fully saturated rings. The molecule has 2 unspecified atom stereocenters. The van der Waals surface area contributed by atoms with Gasteiger partial charge in [-0.15, -0.1) is 0 Å². The number of nitrogens with zero attached hydrogens (tertiary/aromatic N) is 1. The Morgan fingerprint density at radius 1 is 1.47 bits per heavy atom. The smallest absolute Gasteiger partial charge is 0.222 e. The van der Waals surface area contributed by atoms with Crippen molar-refractivity contribution in [1.82, 2.24) is 4.90 Å². The van der Waals surface area contributed by atoms with Gasteiger partial charge in [-0.3, -0.25) is 4.79 Å². The van der Waals surface area contributed by atoms with E-state index in [1.165, 1.54) is 25.7 Å². The first-order valence-electron chi connectivity index (χ1n) is 5.98. The van der Waals surface area contributed by atoms with Gasteiger partial charge in [0.25, 0.3) is 0 Å². The summed E-state index contributed by atoms with van der Waals surface area (Å²) in [6, 6.07) is 0. The molecule has 1 amide bonds. The van der Waals surface area contributed by atoms with Crippen molar-refractivity contribution in [3.05, 3.63) is 0 Å². The Morgan fingerprint density at radius 3 is 2.80 bits per heavy atom. The highest BCUT2D eigenvalue weighted by Crippen LogP contribution is 2.30. The monoisotopic (exact) mass is 213 g/mol. The van der Waals surface area contributed by atoms with Crippen molar-refractivity contribution in [2.75, 3.05) is 20.2 Å². The lowest BCUT2D eigenvalue weighted by molar-refractivity contribution is -0.131. The zero-order valence-electron chi connectivity index (χ0n) is 9.91. The largest absolute Gasteiger partial charge is 0.395 e. The summed E-state index contributed by atoms with van der Waals surface area (Å²) in [5, 5.41) is 8.74. The Hall–Kier alpha value is -0.570. The average Bonchev–Trinajstić information content (AvgIpc) is 2.18. The molecule has 1 saturated carbocycles. The van der Waals surface area contributed by atoms with Crippen LogP contribution in [0.15, 0.2) is 0 Å². The van der Waals surface area contributed by atoms with Gasteiger partial charge in [-0.05, 0) is 24.7 Å². The van der Waals surface area contributed by atoms with E-state index in [0.29, 0.717) is 18.9 Å². The third-order valence-corrected chi connectivity index (χ3v) is 3.37. The molecule has 1 aliphatic rings. The molecule has 0 aromatic rings. The average molecular weight is 213 g/mol. The van der Waals surface area contributed by atoms with Gasteiger partial charge < -0.3 is 10.0 Å². The molecule has 0 aromatic heterocycles. The molecule has 0 spiro atoms. The molecule has 1 N–H and O–H groups in total. The first-order valence-corrected chi connectivity index (χ1v) is 5.98. The second-order valence-electron chi connectivity index (χ2n) is 4.88. The Morgan fingerprint density at radius 2 is 2.20 bits per heavy atom. The standard InChI is InChI=1S/C12H23NO2/c1-10-4-3-5-11(8-10)9-12(15)13(2)6-7-14/h10-11,14H,3-9H2,1-2H3. The normalized spacial score (nSPS) is 26.3. The molecular formula is C12H23NO2. The third-order valence-electron chi connectivity index (χ3n) is 3.37. The van der Waals surface area contributed by atoms with Crippen LogP contribution in [-0.4, -0.2) is 36.1 Å². The van der Waals surface area contributed by atoms with E-state index >= 15 is 0 Å². The van der Waals surface area contributed by atoms with Gasteiger partial charge in [0, 0.05) is 20.0 Å². The number of aliphatic hydroxyl groups excluding tert-OH is 1. The first kappa shape index (κ1) is 12.5. The Labute approximate surface area is 92.5 Å². The lowest BCUT2D eigenvalue weighted by atomic mass is 9.80. The van der Waals surface area contributed by atoms with Gasteiger partial charge in [0.1, 0.15) is 0 Å². The summed E-state index contributed by atoms with van der Waals surface area (Å²) in [5.41, 5.74) is 0. The molecule has 2 atom stereocenters. The quantitative estimate of drug-likeness (QED) is 0.771. The van der Waals surface area contributed by atoms with Crippen LogP contribution in [0.3, 0.4) is 0 Å². The number of hydrogen-bond donors (Lipinski definition) is 1. The number of amides is 1. The maximum Gasteiger partial charge on any atom is 0.222 e. The summed E-state index contributed by atoms with van der Waals surface area (Å²) in [7, 11) is 1.77. The number of likely N-dealkylation sites (N-methyl/N-ethyl adjacent to an activating group) is 1. The van der Waals surface area contributed by atoms with Crippen molar-refractivity contribution in [3.8, 4) is 0 Å². The van der Waals surface area contributed by atoms with Crippen LogP contribution in [0, 0.1) is 11.8 Å². The van der Waals surface area contributed by atoms with E-state index in [9.17, 15) is 4.79 Å². The molecule has 0 heterocycles. The molecule has 0 aliphatic heterocycles. The number of carbonyl (C=O) groups is 1. The van der Waals surface area contributed by atoms with Gasteiger partial charge >= 0.3 is 0 Å². The van der Waals surface area contributed by atoms with Crippen LogP contribution in [0.25, 0.3) is 0 Å². The SMILES string of the molecule is CC1CCCC(CC(=O)N(C)CCO)C1. The van der Waals surface area contributed by atoms with E-state index in [0.717, 1.165) is 5.92 Å². The Bertz CT molecular complexity index is 206. The first-order chi connectivity index (χ1) is 7.13. The molecule has 1 rings (SSSR count). The number of hydrogen-bond acceptors (Lipinski definition) is 2. The minimum absolute atomic E-state index is 0.0588. The summed E-state index contributed by atoms with van der Waals surface area (Å²) in [6.07, 6.45) is 5.64. The van der Waals surface area contributed by atoms with E-state index in [4.69, 9.17) is 5.11 Å². The minimum Gasteiger partial charge on any atom is -0.395 e. The van der Waals surface area contributed by atoms with Crippen LogP contribution in [-0.2, 0) is 4.79 Å². The summed E-state index contributed by atoms with van der Waals surface area (Å²) < 4.78 is 0. The van der Waals surface area contributed by atoms with Gasteiger partial charge in [0.15, 0.2) is 0 Å². The van der Waals surface area contributed by atoms with E-state index in [1.807, 2.05) is 0 Å². The molecule has 0 aromatic carbocycles. The zero-order chi connectivity index (χ0) is 11.3. The van der Waals surface area contributed by atoms with E-state index in [2.05, 4.69) is 6.92 Å². The van der Waals surface area contributed by atoms with Gasteiger partial charge in [-0.1, -0.05) is 19.8 Å². The van der Waals surface area contributed by atoms with E-state index in [-0.39, 0.29) is 12.5 Å². The van der Waals surface area contributed by atoms with Crippen LogP contribution >= 0.6 is 0 Å². The second kappa shape index (κ2) is 6.11. The van der Waals surface area contributed by atoms with Crippen LogP contribution in [0.5, 0.6) is 0 Å². The highest BCUT2D eigenvalue weighted by Gasteiger charge is 2.22. The zero-order valence-corrected chi connectivity index (χ0v) is 9.91. The second-order valence-corrected chi connectivity index (χ2v) is 4.88. The minimum atomic E-state index is 0.0588. The maximum atomic E-state index is 11.7. The van der Waals surface area contributed by atoms with Crippen molar-refractivity contribution in [1.29, 1.82) is 0 Å². The molecule has 1 aliphatic carbocycles. The molecule has 0 bridgehead atoms. The van der Waals surface area contributed by atoms with Crippen LogP contribution in [0.1, 0.15) is 39.0 Å². The van der Waals surface area contributed by atoms with Crippen LogP contribution in [0.2, 0.25) is 0 Å². The number of carbonyl (C=O) groups excluding carboxylic acids is 1. The summed E-state index contributed by atoms with van der Waals surface area (Å²) >= 11 is 0. The predicted molar refractivity (Wildman–Crippen MR) is 60.5 cm³/mol. The van der Waals surface area contributed by atoms with Crippen molar-refractivity contribution >= 4 is 5.91 Å². The third kappa shape index (κ3) is 4.20. The summed E-state index contributed by atoms with van der Waals surface area (Å²) in [5.74, 6) is 1.53. The van der Waals surface area contributed by atoms with Crippen molar-refractivity contribution in [2.24, 2.45) is 11.8 Å². The predicted octanol–water partition coefficient (Wildman–Crippen LogP) is 1.65. The fourth-order valence-electron chi connectivity index (χ4n) is 2.42. The maximum absolute atomic E-state index is 11.7. The number of aliphatic hydroxyl groups is 1. The molecule has 0 saturated heterocycles. The number of rotatable bonds is 4. The Balaban J connectivity index is 2.30. The van der Waals surface area contributed by atoms with Gasteiger partial charge in [-0.25, -0.2) is 0 Å². The molecule has 88 valence electrons. The van der Waals surface area contributed by atoms with Gasteiger partial charge in [-0.2, -0.15) is 0 Å². The topological polar surface area (TPSA) is 40.5 Å². The van der Waals surface area contributed by atoms with Crippen molar-refractivity contribution in [2.45, 2.75) is 39.0 Å². The summed E-state index contributed by atoms with van der Waals surface area (Å²) in [6.45, 7) is 2.79. The van der Waals surface area contributed by atoms with Crippen molar-refractivity contribution < 1.29 is 9.90 Å². The van der Waals surface area contributed by atoms with Gasteiger partial charge in [0.05, 0.1) is 6.61 Å². The molecule has 0 radical (unpaired) electrons. The highest BCUT2D eigenvalue weighted by molar-refractivity contribution is 5.76. The summed E-state index contributed by atoms with van der Waals surface area (Å²) in [4.78, 5) is 13.4. The fraction of sp³-hybridized carbons (Fsp3) is 0.917. The highest BCUT2D eigenvalue weighted by atomic mass is 16.3. The van der Waals surface area contributed by atoms with E-state index in [1.54, 1.807) is 11.9 Å². The van der Waals surface area contributed by atoms with E-state index < -0.39 is 0 Å². The van der Waals surface area contributed by atoms with Gasteiger partial charge in [0.2, 0.25) is 5.91 Å². The van der Waals surface area contributed by atoms with Crippen LogP contribution in [0.4, 0.5) is 0 Å². The molecule has 15 heavy (non-hydrogen) atoms. The Kier molecular flexibility index (Phi) is 5.09. The van der Waals surface area contributed by atoms with Crippen molar-refractivity contribution in [3.63, 3.8) is 0 Å². The van der Waals surface area contributed by atoms with Crippen LogP contribution < -0.4 is 0 Å². The molecule has 3 heteroatoms. The fourth-order valence-corrected chi connectivity index (χ4v) is 2.42. The lowest BCUT2D eigenvalue weighted by Crippen LogP contribution is -2.31. The molecular weight excluding hydrogens is 190 g/mol. The molecule has 3 nitrogen and oxygen atoms in total.